The summed E-state index contributed by atoms with van der Waals surface area (Å²) in [6.45, 7) is 4.87. The Balaban J connectivity index is 1.44. The number of nitrogens with zero attached hydrogens (tertiary/aromatic N) is 4. The fourth-order valence-corrected chi connectivity index (χ4v) is 4.21. The molecule has 142 valence electrons. The van der Waals surface area contributed by atoms with Crippen LogP contribution in [0, 0.1) is 13.8 Å². The second-order valence-corrected chi connectivity index (χ2v) is 7.55. The van der Waals surface area contributed by atoms with Gasteiger partial charge in [0, 0.05) is 23.7 Å². The number of likely N-dealkylation sites (tertiary alicyclic amines) is 1. The predicted molar refractivity (Wildman–Crippen MR) is 106 cm³/mol. The Morgan fingerprint density at radius 1 is 1.21 bits per heavy atom. The van der Waals surface area contributed by atoms with Gasteiger partial charge in [0.05, 0.1) is 18.7 Å². The van der Waals surface area contributed by atoms with Crippen molar-refractivity contribution in [1.29, 1.82) is 0 Å². The lowest BCUT2D eigenvalue weighted by Gasteiger charge is -2.23. The lowest BCUT2D eigenvalue weighted by molar-refractivity contribution is -0.131. The Labute approximate surface area is 162 Å². The molecular weight excluding hydrogens is 352 g/mol. The SMILES string of the molecule is Cc1ccc2c(CC(=O)N3CCCC3c3nnc4ccccn34)coc2c1C. The smallest absolute Gasteiger partial charge is 0.227 e. The van der Waals surface area contributed by atoms with Crippen LogP contribution in [-0.4, -0.2) is 31.9 Å². The molecule has 28 heavy (non-hydrogen) atoms. The predicted octanol–water partition coefficient (Wildman–Crippen LogP) is 4.00. The summed E-state index contributed by atoms with van der Waals surface area (Å²) < 4.78 is 7.77. The Hall–Kier alpha value is -3.15. The zero-order valence-electron chi connectivity index (χ0n) is 16.1. The molecule has 1 amide bonds. The van der Waals surface area contributed by atoms with Crippen molar-refractivity contribution in [3.63, 3.8) is 0 Å². The zero-order chi connectivity index (χ0) is 19.3. The number of rotatable bonds is 3. The number of hydrogen-bond acceptors (Lipinski definition) is 4. The van der Waals surface area contributed by atoms with Gasteiger partial charge in [-0.05, 0) is 49.9 Å². The minimum absolute atomic E-state index is 0.0351. The van der Waals surface area contributed by atoms with E-state index < -0.39 is 0 Å². The van der Waals surface area contributed by atoms with Gasteiger partial charge >= 0.3 is 0 Å². The normalized spacial score (nSPS) is 17.1. The molecule has 0 spiro atoms. The average molecular weight is 374 g/mol. The number of carbonyl (C=O) groups excluding carboxylic acids is 1. The minimum atomic E-state index is -0.0351. The Bertz CT molecular complexity index is 1190. The molecule has 1 aliphatic rings. The molecule has 1 aromatic carbocycles. The molecule has 1 aliphatic heterocycles. The summed E-state index contributed by atoms with van der Waals surface area (Å²) in [5, 5.41) is 9.66. The number of furan rings is 1. The Morgan fingerprint density at radius 2 is 2.11 bits per heavy atom. The van der Waals surface area contributed by atoms with Crippen LogP contribution in [0.15, 0.2) is 47.2 Å². The molecule has 0 radical (unpaired) electrons. The minimum Gasteiger partial charge on any atom is -0.464 e. The maximum atomic E-state index is 13.2. The third-order valence-corrected chi connectivity index (χ3v) is 5.89. The number of aromatic nitrogens is 3. The summed E-state index contributed by atoms with van der Waals surface area (Å²) in [4.78, 5) is 15.1. The first-order valence-electron chi connectivity index (χ1n) is 9.69. The first-order chi connectivity index (χ1) is 13.6. The maximum absolute atomic E-state index is 13.2. The van der Waals surface area contributed by atoms with E-state index in [4.69, 9.17) is 4.42 Å². The fourth-order valence-electron chi connectivity index (χ4n) is 4.21. The molecule has 6 nitrogen and oxygen atoms in total. The Kier molecular flexibility index (Phi) is 3.93. The van der Waals surface area contributed by atoms with Gasteiger partial charge in [-0.15, -0.1) is 10.2 Å². The van der Waals surface area contributed by atoms with Crippen molar-refractivity contribution < 1.29 is 9.21 Å². The summed E-state index contributed by atoms with van der Waals surface area (Å²) in [6.07, 6.45) is 5.91. The standard InChI is InChI=1S/C22H22N4O2/c1-14-8-9-17-16(13-28-21(17)15(14)2)12-20(27)25-11-5-6-18(25)22-24-23-19-7-3-4-10-26(19)22/h3-4,7-10,13,18H,5-6,11-12H2,1-2H3. The number of pyridine rings is 1. The first-order valence-corrected chi connectivity index (χ1v) is 9.69. The highest BCUT2D eigenvalue weighted by Gasteiger charge is 2.33. The highest BCUT2D eigenvalue weighted by atomic mass is 16.3. The van der Waals surface area contributed by atoms with Crippen molar-refractivity contribution in [3.8, 4) is 0 Å². The van der Waals surface area contributed by atoms with Gasteiger partial charge in [-0.2, -0.15) is 0 Å². The zero-order valence-corrected chi connectivity index (χ0v) is 16.1. The van der Waals surface area contributed by atoms with Gasteiger partial charge in [-0.1, -0.05) is 18.2 Å². The van der Waals surface area contributed by atoms with Crippen LogP contribution in [0.4, 0.5) is 0 Å². The van der Waals surface area contributed by atoms with Crippen molar-refractivity contribution in [3.05, 3.63) is 65.3 Å². The third kappa shape index (κ3) is 2.59. The quantitative estimate of drug-likeness (QED) is 0.544. The average Bonchev–Trinajstić information content (AvgIpc) is 3.42. The van der Waals surface area contributed by atoms with E-state index in [-0.39, 0.29) is 11.9 Å². The molecular formula is C22H22N4O2. The summed E-state index contributed by atoms with van der Waals surface area (Å²) in [5.74, 6) is 0.945. The van der Waals surface area contributed by atoms with Gasteiger partial charge in [0.1, 0.15) is 5.58 Å². The molecule has 1 fully saturated rings. The molecule has 5 rings (SSSR count). The fraction of sp³-hybridized carbons (Fsp3) is 0.318. The Morgan fingerprint density at radius 3 is 3.00 bits per heavy atom. The summed E-state index contributed by atoms with van der Waals surface area (Å²) >= 11 is 0. The van der Waals surface area contributed by atoms with Gasteiger partial charge in [0.2, 0.25) is 5.91 Å². The van der Waals surface area contributed by atoms with Crippen molar-refractivity contribution >= 4 is 22.5 Å². The van der Waals surface area contributed by atoms with Gasteiger partial charge in [0.25, 0.3) is 0 Å². The molecule has 0 N–H and O–H groups in total. The number of benzene rings is 1. The molecule has 4 aromatic rings. The van der Waals surface area contributed by atoms with Gasteiger partial charge in [-0.3, -0.25) is 9.20 Å². The molecule has 1 atom stereocenters. The van der Waals surface area contributed by atoms with Crippen LogP contribution >= 0.6 is 0 Å². The highest BCUT2D eigenvalue weighted by Crippen LogP contribution is 2.33. The number of amides is 1. The molecule has 0 saturated carbocycles. The summed E-state index contributed by atoms with van der Waals surface area (Å²) in [5.41, 5.74) is 4.95. The molecule has 3 aromatic heterocycles. The van der Waals surface area contributed by atoms with Crippen LogP contribution in [0.1, 0.15) is 41.4 Å². The second kappa shape index (κ2) is 6.48. The van der Waals surface area contributed by atoms with Crippen LogP contribution in [0.3, 0.4) is 0 Å². The van der Waals surface area contributed by atoms with Gasteiger partial charge in [0.15, 0.2) is 11.5 Å². The summed E-state index contributed by atoms with van der Waals surface area (Å²) in [6, 6.07) is 9.94. The van der Waals surface area contributed by atoms with E-state index in [1.807, 2.05) is 33.7 Å². The number of fused-ring (bicyclic) bond motifs is 2. The van der Waals surface area contributed by atoms with Crippen LogP contribution < -0.4 is 0 Å². The summed E-state index contributed by atoms with van der Waals surface area (Å²) in [7, 11) is 0. The largest absolute Gasteiger partial charge is 0.464 e. The molecule has 4 heterocycles. The lowest BCUT2D eigenvalue weighted by atomic mass is 10.0. The highest BCUT2D eigenvalue weighted by molar-refractivity contribution is 5.89. The maximum Gasteiger partial charge on any atom is 0.227 e. The first kappa shape index (κ1) is 17.0. The van der Waals surface area contributed by atoms with Crippen molar-refractivity contribution in [2.45, 2.75) is 39.2 Å². The lowest BCUT2D eigenvalue weighted by Crippen LogP contribution is -2.32. The number of hydrogen-bond donors (Lipinski definition) is 0. The van der Waals surface area contributed by atoms with E-state index in [0.717, 1.165) is 53.0 Å². The molecule has 0 aliphatic carbocycles. The number of aryl methyl sites for hydroxylation is 2. The number of carbonyl (C=O) groups is 1. The van der Waals surface area contributed by atoms with Crippen LogP contribution in [-0.2, 0) is 11.2 Å². The molecule has 1 unspecified atom stereocenters. The molecule has 1 saturated heterocycles. The van der Waals surface area contributed by atoms with Crippen molar-refractivity contribution in [2.75, 3.05) is 6.54 Å². The van der Waals surface area contributed by atoms with E-state index in [1.165, 1.54) is 5.56 Å². The van der Waals surface area contributed by atoms with Crippen LogP contribution in [0.25, 0.3) is 16.6 Å². The van der Waals surface area contributed by atoms with Crippen molar-refractivity contribution in [1.82, 2.24) is 19.5 Å². The van der Waals surface area contributed by atoms with E-state index in [2.05, 4.69) is 36.2 Å². The van der Waals surface area contributed by atoms with Gasteiger partial charge < -0.3 is 9.32 Å². The van der Waals surface area contributed by atoms with Gasteiger partial charge in [-0.25, -0.2) is 0 Å². The van der Waals surface area contributed by atoms with E-state index >= 15 is 0 Å². The van der Waals surface area contributed by atoms with E-state index in [0.29, 0.717) is 6.42 Å². The van der Waals surface area contributed by atoms with E-state index in [1.54, 1.807) is 6.26 Å². The van der Waals surface area contributed by atoms with Crippen LogP contribution in [0.2, 0.25) is 0 Å². The molecule has 6 heteroatoms. The third-order valence-electron chi connectivity index (χ3n) is 5.89. The van der Waals surface area contributed by atoms with Crippen LogP contribution in [0.5, 0.6) is 0 Å². The van der Waals surface area contributed by atoms with E-state index in [9.17, 15) is 4.79 Å². The van der Waals surface area contributed by atoms with Crippen molar-refractivity contribution in [2.24, 2.45) is 0 Å². The monoisotopic (exact) mass is 374 g/mol. The molecule has 0 bridgehead atoms. The topological polar surface area (TPSA) is 63.6 Å². The second-order valence-electron chi connectivity index (χ2n) is 7.55.